The van der Waals surface area contributed by atoms with Gasteiger partial charge in [-0.25, -0.2) is 4.79 Å². The first-order valence-corrected chi connectivity index (χ1v) is 7.04. The zero-order valence-corrected chi connectivity index (χ0v) is 12.1. The van der Waals surface area contributed by atoms with Gasteiger partial charge in [-0.15, -0.1) is 0 Å². The number of aromatic carboxylic acids is 1. The largest absolute Gasteiger partial charge is 0.478 e. The van der Waals surface area contributed by atoms with Crippen molar-refractivity contribution >= 4 is 11.9 Å². The van der Waals surface area contributed by atoms with Gasteiger partial charge in [0.1, 0.15) is 6.10 Å². The van der Waals surface area contributed by atoms with E-state index in [1.165, 1.54) is 0 Å². The number of benzene rings is 1. The number of hydrogen-bond acceptors (Lipinski definition) is 3. The van der Waals surface area contributed by atoms with Gasteiger partial charge in [0.25, 0.3) is 0 Å². The lowest BCUT2D eigenvalue weighted by molar-refractivity contribution is -0.148. The normalized spacial score (nSPS) is 11.9. The Bertz CT molecular complexity index is 436. The van der Waals surface area contributed by atoms with Crippen LogP contribution in [0.15, 0.2) is 24.3 Å². The van der Waals surface area contributed by atoms with Crippen molar-refractivity contribution in [1.82, 2.24) is 0 Å². The zero-order chi connectivity index (χ0) is 15.0. The lowest BCUT2D eigenvalue weighted by Gasteiger charge is -2.13. The molecule has 0 saturated carbocycles. The van der Waals surface area contributed by atoms with E-state index in [4.69, 9.17) is 9.84 Å². The van der Waals surface area contributed by atoms with Crippen LogP contribution in [0.5, 0.6) is 0 Å². The minimum atomic E-state index is -0.938. The Labute approximate surface area is 119 Å². The van der Waals surface area contributed by atoms with Gasteiger partial charge in [-0.2, -0.15) is 0 Å². The summed E-state index contributed by atoms with van der Waals surface area (Å²) < 4.78 is 5.32. The van der Waals surface area contributed by atoms with Crippen molar-refractivity contribution < 1.29 is 19.4 Å². The maximum atomic E-state index is 11.6. The summed E-state index contributed by atoms with van der Waals surface area (Å²) >= 11 is 0. The molecule has 0 heterocycles. The zero-order valence-electron chi connectivity index (χ0n) is 12.1. The van der Waals surface area contributed by atoms with E-state index in [-0.39, 0.29) is 17.6 Å². The third-order valence-corrected chi connectivity index (χ3v) is 3.04. The predicted molar refractivity (Wildman–Crippen MR) is 76.8 cm³/mol. The molecule has 0 spiro atoms. The highest BCUT2D eigenvalue weighted by atomic mass is 16.5. The van der Waals surface area contributed by atoms with E-state index in [0.717, 1.165) is 24.8 Å². The molecule has 4 nitrogen and oxygen atoms in total. The lowest BCUT2D eigenvalue weighted by Crippen LogP contribution is -2.17. The van der Waals surface area contributed by atoms with Gasteiger partial charge in [0, 0.05) is 12.8 Å². The monoisotopic (exact) mass is 278 g/mol. The number of hydrogen-bond donors (Lipinski definition) is 1. The van der Waals surface area contributed by atoms with Gasteiger partial charge in [0.15, 0.2) is 0 Å². The Hall–Kier alpha value is -1.84. The molecule has 0 fully saturated rings. The Morgan fingerprint density at radius 1 is 1.20 bits per heavy atom. The van der Waals surface area contributed by atoms with E-state index >= 15 is 0 Å². The lowest BCUT2D eigenvalue weighted by atomic mass is 10.1. The molecule has 0 bridgehead atoms. The average Bonchev–Trinajstić information content (AvgIpc) is 2.39. The first-order valence-electron chi connectivity index (χ1n) is 7.04. The molecular formula is C16H22O4. The number of esters is 1. The first-order chi connectivity index (χ1) is 9.52. The number of unbranched alkanes of at least 4 members (excludes halogenated alkanes) is 2. The van der Waals surface area contributed by atoms with Crippen LogP contribution in [0.1, 0.15) is 55.5 Å². The fourth-order valence-electron chi connectivity index (χ4n) is 1.96. The molecule has 1 unspecified atom stereocenters. The Kier molecular flexibility index (Phi) is 6.77. The molecule has 1 rings (SSSR count). The van der Waals surface area contributed by atoms with E-state index in [9.17, 15) is 9.59 Å². The van der Waals surface area contributed by atoms with E-state index in [1.54, 1.807) is 24.3 Å². The number of ether oxygens (including phenoxy) is 1. The summed E-state index contributed by atoms with van der Waals surface area (Å²) in [7, 11) is 0. The summed E-state index contributed by atoms with van der Waals surface area (Å²) in [5, 5.41) is 8.81. The summed E-state index contributed by atoms with van der Waals surface area (Å²) in [4.78, 5) is 22.3. The average molecular weight is 278 g/mol. The van der Waals surface area contributed by atoms with Gasteiger partial charge in [-0.3, -0.25) is 4.79 Å². The van der Waals surface area contributed by atoms with E-state index in [2.05, 4.69) is 6.92 Å². The topological polar surface area (TPSA) is 63.6 Å². The van der Waals surface area contributed by atoms with Crippen LogP contribution in [0.25, 0.3) is 0 Å². The quantitative estimate of drug-likeness (QED) is 0.584. The van der Waals surface area contributed by atoms with Gasteiger partial charge >= 0.3 is 11.9 Å². The molecule has 0 radical (unpaired) electrons. The SMILES string of the molecule is CCCCCC(=O)OC(C)Cc1ccc(C(=O)O)cc1. The molecule has 0 aliphatic carbocycles. The van der Waals surface area contributed by atoms with Crippen molar-refractivity contribution in [1.29, 1.82) is 0 Å². The maximum absolute atomic E-state index is 11.6. The van der Waals surface area contributed by atoms with Gasteiger partial charge in [0.2, 0.25) is 0 Å². The highest BCUT2D eigenvalue weighted by molar-refractivity contribution is 5.87. The number of carboxylic acids is 1. The minimum absolute atomic E-state index is 0.159. The van der Waals surface area contributed by atoms with Crippen molar-refractivity contribution in [2.75, 3.05) is 0 Å². The smallest absolute Gasteiger partial charge is 0.335 e. The van der Waals surface area contributed by atoms with Crippen molar-refractivity contribution in [3.05, 3.63) is 35.4 Å². The Balaban J connectivity index is 2.39. The molecule has 1 N–H and O–H groups in total. The second kappa shape index (κ2) is 8.35. The van der Waals surface area contributed by atoms with E-state index in [0.29, 0.717) is 12.8 Å². The molecule has 0 aliphatic heterocycles. The van der Waals surface area contributed by atoms with E-state index in [1.807, 2.05) is 6.92 Å². The number of carboxylic acid groups (broad SMARTS) is 1. The second-order valence-electron chi connectivity index (χ2n) is 4.96. The summed E-state index contributed by atoms with van der Waals surface area (Å²) in [6.07, 6.45) is 3.86. The number of rotatable bonds is 8. The van der Waals surface area contributed by atoms with Crippen LogP contribution in [0.4, 0.5) is 0 Å². The molecule has 0 aromatic heterocycles. The minimum Gasteiger partial charge on any atom is -0.478 e. The van der Waals surface area contributed by atoms with Crippen molar-refractivity contribution in [2.45, 2.75) is 52.1 Å². The first kappa shape index (κ1) is 16.2. The Morgan fingerprint density at radius 2 is 1.85 bits per heavy atom. The Morgan fingerprint density at radius 3 is 2.40 bits per heavy atom. The maximum Gasteiger partial charge on any atom is 0.335 e. The van der Waals surface area contributed by atoms with Gasteiger partial charge in [-0.1, -0.05) is 31.9 Å². The summed E-state index contributed by atoms with van der Waals surface area (Å²) in [6.45, 7) is 3.94. The molecular weight excluding hydrogens is 256 g/mol. The number of carbonyl (C=O) groups excluding carboxylic acids is 1. The molecule has 1 aromatic rings. The van der Waals surface area contributed by atoms with Crippen LogP contribution in [0, 0.1) is 0 Å². The highest BCUT2D eigenvalue weighted by Gasteiger charge is 2.10. The van der Waals surface area contributed by atoms with Crippen molar-refractivity contribution in [2.24, 2.45) is 0 Å². The molecule has 0 saturated heterocycles. The van der Waals surface area contributed by atoms with Crippen LogP contribution >= 0.6 is 0 Å². The molecule has 110 valence electrons. The summed E-state index contributed by atoms with van der Waals surface area (Å²) in [5.41, 5.74) is 1.22. The van der Waals surface area contributed by atoms with E-state index < -0.39 is 5.97 Å². The molecule has 0 amide bonds. The van der Waals surface area contributed by atoms with Crippen molar-refractivity contribution in [3.8, 4) is 0 Å². The molecule has 0 aliphatic rings. The third kappa shape index (κ3) is 5.87. The van der Waals surface area contributed by atoms with Gasteiger partial charge in [-0.05, 0) is 31.0 Å². The molecule has 4 heteroatoms. The highest BCUT2D eigenvalue weighted by Crippen LogP contribution is 2.10. The second-order valence-corrected chi connectivity index (χ2v) is 4.96. The summed E-state index contributed by atoms with van der Waals surface area (Å²) in [5.74, 6) is -1.10. The third-order valence-electron chi connectivity index (χ3n) is 3.04. The molecule has 1 aromatic carbocycles. The van der Waals surface area contributed by atoms with Crippen LogP contribution < -0.4 is 0 Å². The van der Waals surface area contributed by atoms with Crippen LogP contribution in [-0.4, -0.2) is 23.1 Å². The predicted octanol–water partition coefficient (Wildman–Crippen LogP) is 3.44. The summed E-state index contributed by atoms with van der Waals surface area (Å²) in [6, 6.07) is 6.64. The molecule has 1 atom stereocenters. The molecule has 20 heavy (non-hydrogen) atoms. The van der Waals surface area contributed by atoms with Gasteiger partial charge in [0.05, 0.1) is 5.56 Å². The number of carbonyl (C=O) groups is 2. The fraction of sp³-hybridized carbons (Fsp3) is 0.500. The van der Waals surface area contributed by atoms with Crippen LogP contribution in [-0.2, 0) is 16.0 Å². The van der Waals surface area contributed by atoms with Crippen LogP contribution in [0.3, 0.4) is 0 Å². The van der Waals surface area contributed by atoms with Crippen molar-refractivity contribution in [3.63, 3.8) is 0 Å². The van der Waals surface area contributed by atoms with Gasteiger partial charge < -0.3 is 9.84 Å². The van der Waals surface area contributed by atoms with Crippen LogP contribution in [0.2, 0.25) is 0 Å². The standard InChI is InChI=1S/C16H22O4/c1-3-4-5-6-15(17)20-12(2)11-13-7-9-14(10-8-13)16(18)19/h7-10,12H,3-6,11H2,1-2H3,(H,18,19). The fourth-order valence-corrected chi connectivity index (χ4v) is 1.96.